The summed E-state index contributed by atoms with van der Waals surface area (Å²) < 4.78 is 0. The number of allylic oxidation sites excluding steroid dienone is 12. The van der Waals surface area contributed by atoms with Gasteiger partial charge < -0.3 is 0 Å². The summed E-state index contributed by atoms with van der Waals surface area (Å²) in [5, 5.41) is 1.46. The average Bonchev–Trinajstić information content (AvgIpc) is 3.36. The van der Waals surface area contributed by atoms with Gasteiger partial charge in [-0.25, -0.2) is 0 Å². The summed E-state index contributed by atoms with van der Waals surface area (Å²) in [6.45, 7) is 0. The lowest BCUT2D eigenvalue weighted by Crippen LogP contribution is -2.55. The lowest BCUT2D eigenvalue weighted by molar-refractivity contribution is 0.0429. The van der Waals surface area contributed by atoms with Crippen LogP contribution in [0.1, 0.15) is 107 Å². The van der Waals surface area contributed by atoms with Crippen LogP contribution >= 0.6 is 11.8 Å². The van der Waals surface area contributed by atoms with Crippen LogP contribution in [0, 0.1) is 29.1 Å². The van der Waals surface area contributed by atoms with Crippen molar-refractivity contribution in [1.29, 1.82) is 0 Å². The first kappa shape index (κ1) is 27.1. The van der Waals surface area contributed by atoms with E-state index >= 15 is 0 Å². The van der Waals surface area contributed by atoms with E-state index in [9.17, 15) is 0 Å². The van der Waals surface area contributed by atoms with E-state index in [-0.39, 0.29) is 0 Å². The lowest BCUT2D eigenvalue weighted by Gasteiger charge is -2.60. The fraction of sp³-hybridized carbons (Fsp3) is 0.524. The summed E-state index contributed by atoms with van der Waals surface area (Å²) in [6.07, 6.45) is 42.0. The highest BCUT2D eigenvalue weighted by Crippen LogP contribution is 2.72. The van der Waals surface area contributed by atoms with Crippen molar-refractivity contribution < 1.29 is 0 Å². The van der Waals surface area contributed by atoms with Gasteiger partial charge in [-0.3, -0.25) is 0 Å². The molecule has 1 aromatic carbocycles. The quantitative estimate of drug-likeness (QED) is 0.312. The molecule has 1 spiro atoms. The van der Waals surface area contributed by atoms with Crippen molar-refractivity contribution >= 4 is 17.8 Å². The minimum absolute atomic E-state index is 0.306. The normalized spacial score (nSPS) is 39.1. The second kappa shape index (κ2) is 11.0. The molecule has 9 rings (SSSR count). The fourth-order valence-corrected chi connectivity index (χ4v) is 13.3. The van der Waals surface area contributed by atoms with Crippen molar-refractivity contribution in [2.24, 2.45) is 29.1 Å². The Labute approximate surface area is 264 Å². The van der Waals surface area contributed by atoms with Crippen LogP contribution in [0.2, 0.25) is 0 Å². The standard InChI is InChI=1S/C42H48S/c1-2-10-30(11-3-1)31-21-18-28(19-22-31)26-29-20-24-34-38(27-29)42(37-25-23-32-12-4-5-13-33(32)41(34)37)35-14-6-8-16-39(35)43-40-17-9-7-15-36(40)42/h5-6,9,13-14,17-22,24,26,30,34-36,38-40H,1-4,7-8,10-12,15-16,23,25,27H2/b29-26-. The Bertz CT molecular complexity index is 1480. The summed E-state index contributed by atoms with van der Waals surface area (Å²) in [7, 11) is 0. The molecular formula is C42H48S. The zero-order chi connectivity index (χ0) is 28.4. The molecule has 1 aromatic rings. The van der Waals surface area contributed by atoms with E-state index in [0.717, 1.165) is 17.1 Å². The molecule has 8 aliphatic rings. The first-order chi connectivity index (χ1) is 21.3. The summed E-state index contributed by atoms with van der Waals surface area (Å²) in [5.41, 5.74) is 12.0. The monoisotopic (exact) mass is 584 g/mol. The third-order valence-corrected chi connectivity index (χ3v) is 14.7. The zero-order valence-corrected chi connectivity index (χ0v) is 26.7. The lowest BCUT2D eigenvalue weighted by atomic mass is 9.50. The smallest absolute Gasteiger partial charge is 0.0267 e. The molecule has 0 aromatic heterocycles. The molecule has 1 heterocycles. The summed E-state index contributed by atoms with van der Waals surface area (Å²) in [5.74, 6) is 3.51. The number of rotatable bonds is 2. The molecule has 1 saturated carbocycles. The van der Waals surface area contributed by atoms with Gasteiger partial charge in [0.1, 0.15) is 0 Å². The molecule has 43 heavy (non-hydrogen) atoms. The van der Waals surface area contributed by atoms with E-state index in [1.807, 2.05) is 5.57 Å². The molecule has 222 valence electrons. The average molecular weight is 585 g/mol. The second-order valence-electron chi connectivity index (χ2n) is 15.0. The van der Waals surface area contributed by atoms with Crippen molar-refractivity contribution in [3.63, 3.8) is 0 Å². The predicted octanol–water partition coefficient (Wildman–Crippen LogP) is 11.5. The minimum Gasteiger partial charge on any atom is -0.150 e. The highest BCUT2D eigenvalue weighted by molar-refractivity contribution is 8.00. The van der Waals surface area contributed by atoms with Crippen molar-refractivity contribution in [3.8, 4) is 0 Å². The van der Waals surface area contributed by atoms with Gasteiger partial charge in [0.15, 0.2) is 0 Å². The van der Waals surface area contributed by atoms with Crippen molar-refractivity contribution in [3.05, 3.63) is 112 Å². The number of thioether (sulfide) groups is 1. The Morgan fingerprint density at radius 3 is 2.51 bits per heavy atom. The molecule has 0 N–H and O–H groups in total. The molecular weight excluding hydrogens is 537 g/mol. The number of hydrogen-bond donors (Lipinski definition) is 0. The van der Waals surface area contributed by atoms with Crippen LogP contribution in [0.25, 0.3) is 6.08 Å². The number of benzene rings is 1. The molecule has 1 saturated heterocycles. The van der Waals surface area contributed by atoms with Crippen LogP contribution in [0.4, 0.5) is 0 Å². The Hall–Kier alpha value is -2.25. The maximum atomic E-state index is 2.75. The Kier molecular flexibility index (Phi) is 6.91. The molecule has 1 aliphatic heterocycles. The van der Waals surface area contributed by atoms with Crippen LogP contribution in [0.3, 0.4) is 0 Å². The molecule has 0 radical (unpaired) electrons. The van der Waals surface area contributed by atoms with E-state index < -0.39 is 0 Å². The van der Waals surface area contributed by atoms with Crippen LogP contribution in [0.5, 0.6) is 0 Å². The second-order valence-corrected chi connectivity index (χ2v) is 16.4. The van der Waals surface area contributed by atoms with Gasteiger partial charge in [-0.05, 0) is 122 Å². The maximum absolute atomic E-state index is 2.75. The number of fused-ring (bicyclic) bond motifs is 9. The van der Waals surface area contributed by atoms with E-state index in [1.54, 1.807) is 27.9 Å². The molecule has 0 nitrogen and oxygen atoms in total. The van der Waals surface area contributed by atoms with Crippen LogP contribution in [-0.2, 0) is 0 Å². The van der Waals surface area contributed by atoms with Gasteiger partial charge >= 0.3 is 0 Å². The van der Waals surface area contributed by atoms with Gasteiger partial charge in [0.05, 0.1) is 0 Å². The Morgan fingerprint density at radius 1 is 0.744 bits per heavy atom. The van der Waals surface area contributed by atoms with Gasteiger partial charge in [-0.2, -0.15) is 11.8 Å². The third kappa shape index (κ3) is 4.30. The Balaban J connectivity index is 1.14. The van der Waals surface area contributed by atoms with Gasteiger partial charge in [0, 0.05) is 21.8 Å². The zero-order valence-electron chi connectivity index (χ0n) is 25.9. The molecule has 7 aliphatic carbocycles. The van der Waals surface area contributed by atoms with Gasteiger partial charge in [0.25, 0.3) is 0 Å². The maximum Gasteiger partial charge on any atom is 0.0267 e. The van der Waals surface area contributed by atoms with Gasteiger partial charge in [-0.15, -0.1) is 0 Å². The molecule has 1 heteroatoms. The molecule has 0 bridgehead atoms. The van der Waals surface area contributed by atoms with Crippen LogP contribution < -0.4 is 0 Å². The molecule has 7 atom stereocenters. The van der Waals surface area contributed by atoms with E-state index in [0.29, 0.717) is 28.4 Å². The summed E-state index contributed by atoms with van der Waals surface area (Å²) in [6, 6.07) is 9.75. The van der Waals surface area contributed by atoms with Crippen LogP contribution in [-0.4, -0.2) is 10.5 Å². The highest BCUT2D eigenvalue weighted by atomic mass is 32.2. The SMILES string of the molecule is C1=CC2=C(CC1)CCC1=C2C2C=C/C(=C/c3ccc(C4CCCCC4)cc3)CC2C12C1C=CCCC1SC1C=CCCC12. The Morgan fingerprint density at radius 2 is 1.60 bits per heavy atom. The van der Waals surface area contributed by atoms with Crippen LogP contribution in [0.15, 0.2) is 101 Å². The van der Waals surface area contributed by atoms with Crippen molar-refractivity contribution in [2.75, 3.05) is 0 Å². The predicted molar refractivity (Wildman–Crippen MR) is 184 cm³/mol. The fourth-order valence-electron chi connectivity index (χ4n) is 11.4. The highest BCUT2D eigenvalue weighted by Gasteiger charge is 2.65. The summed E-state index contributed by atoms with van der Waals surface area (Å²) in [4.78, 5) is 0. The summed E-state index contributed by atoms with van der Waals surface area (Å²) >= 11 is 2.36. The molecule has 2 fully saturated rings. The minimum atomic E-state index is 0.306. The molecule has 0 amide bonds. The largest absolute Gasteiger partial charge is 0.150 e. The van der Waals surface area contributed by atoms with Crippen molar-refractivity contribution in [1.82, 2.24) is 0 Å². The van der Waals surface area contributed by atoms with E-state index in [1.165, 1.54) is 95.5 Å². The number of hydrogen-bond acceptors (Lipinski definition) is 1. The van der Waals surface area contributed by atoms with Crippen molar-refractivity contribution in [2.45, 2.75) is 106 Å². The first-order valence-electron chi connectivity index (χ1n) is 17.9. The van der Waals surface area contributed by atoms with E-state index in [2.05, 4.69) is 90.7 Å². The molecule has 7 unspecified atom stereocenters. The van der Waals surface area contributed by atoms with Gasteiger partial charge in [-0.1, -0.05) is 109 Å². The first-order valence-corrected chi connectivity index (χ1v) is 18.8. The van der Waals surface area contributed by atoms with E-state index in [4.69, 9.17) is 0 Å². The third-order valence-electron chi connectivity index (χ3n) is 13.0. The van der Waals surface area contributed by atoms with Gasteiger partial charge in [0.2, 0.25) is 0 Å². The topological polar surface area (TPSA) is 0 Å².